The van der Waals surface area contributed by atoms with Gasteiger partial charge in [-0.1, -0.05) is 52.9 Å². The molecule has 172 valence electrons. The summed E-state index contributed by atoms with van der Waals surface area (Å²) in [6, 6.07) is 0. The van der Waals surface area contributed by atoms with Gasteiger partial charge in [0, 0.05) is 19.4 Å². The van der Waals surface area contributed by atoms with Gasteiger partial charge in [0.2, 0.25) is 0 Å². The number of hydrogen-bond donors (Lipinski definition) is 3. The number of ether oxygens (including phenoxy) is 1. The van der Waals surface area contributed by atoms with Crippen molar-refractivity contribution in [3.8, 4) is 0 Å². The van der Waals surface area contributed by atoms with Crippen molar-refractivity contribution in [3.05, 3.63) is 0 Å². The number of rotatable bonds is 16. The van der Waals surface area contributed by atoms with E-state index in [9.17, 15) is 15.0 Å². The molecule has 29 heavy (non-hydrogen) atoms. The van der Waals surface area contributed by atoms with Crippen molar-refractivity contribution >= 4 is 5.97 Å². The number of unbranched alkanes of at least 4 members (excludes halogenated alkanes) is 4. The third-order valence-corrected chi connectivity index (χ3v) is 6.90. The maximum Gasteiger partial charge on any atom is 0.303 e. The van der Waals surface area contributed by atoms with Crippen molar-refractivity contribution in [3.63, 3.8) is 0 Å². The maximum atomic E-state index is 10.8. The minimum atomic E-state index is -0.726. The second-order valence-corrected chi connectivity index (χ2v) is 9.66. The van der Waals surface area contributed by atoms with E-state index in [1.807, 2.05) is 6.92 Å². The number of hydrogen-bond acceptors (Lipinski definition) is 4. The lowest BCUT2D eigenvalue weighted by Gasteiger charge is -2.33. The van der Waals surface area contributed by atoms with Crippen LogP contribution in [-0.4, -0.2) is 46.2 Å². The minimum absolute atomic E-state index is 0.0754. The Hall–Kier alpha value is -0.650. The van der Waals surface area contributed by atoms with Crippen molar-refractivity contribution in [1.29, 1.82) is 0 Å². The van der Waals surface area contributed by atoms with Crippen LogP contribution in [-0.2, 0) is 9.53 Å². The lowest BCUT2D eigenvalue weighted by molar-refractivity contribution is -0.137. The molecule has 0 heterocycles. The van der Waals surface area contributed by atoms with E-state index in [4.69, 9.17) is 9.84 Å². The van der Waals surface area contributed by atoms with Gasteiger partial charge in [-0.3, -0.25) is 4.79 Å². The lowest BCUT2D eigenvalue weighted by atomic mass is 9.77. The highest BCUT2D eigenvalue weighted by Gasteiger charge is 2.42. The van der Waals surface area contributed by atoms with E-state index in [0.717, 1.165) is 64.2 Å². The summed E-state index contributed by atoms with van der Waals surface area (Å²) in [6.07, 6.45) is 9.96. The topological polar surface area (TPSA) is 87.0 Å². The van der Waals surface area contributed by atoms with Crippen LogP contribution in [0.3, 0.4) is 0 Å². The van der Waals surface area contributed by atoms with Gasteiger partial charge in [-0.15, -0.1) is 0 Å². The van der Waals surface area contributed by atoms with Gasteiger partial charge in [-0.2, -0.15) is 0 Å². The molecule has 0 aromatic heterocycles. The van der Waals surface area contributed by atoms with Crippen molar-refractivity contribution in [2.75, 3.05) is 6.61 Å². The Bertz CT molecular complexity index is 451. The molecule has 0 radical (unpaired) electrons. The van der Waals surface area contributed by atoms with Crippen LogP contribution in [0.2, 0.25) is 0 Å². The summed E-state index contributed by atoms with van der Waals surface area (Å²) >= 11 is 0. The first kappa shape index (κ1) is 26.4. The van der Waals surface area contributed by atoms with Gasteiger partial charge in [0.1, 0.15) is 0 Å². The molecule has 1 aliphatic rings. The van der Waals surface area contributed by atoms with Gasteiger partial charge in [-0.05, 0) is 56.3 Å². The van der Waals surface area contributed by atoms with Crippen molar-refractivity contribution in [1.82, 2.24) is 0 Å². The van der Waals surface area contributed by atoms with Gasteiger partial charge >= 0.3 is 5.97 Å². The molecule has 5 nitrogen and oxygen atoms in total. The fourth-order valence-electron chi connectivity index (χ4n) is 4.91. The molecule has 5 heteroatoms. The van der Waals surface area contributed by atoms with Crippen molar-refractivity contribution in [2.45, 2.75) is 123 Å². The van der Waals surface area contributed by atoms with Crippen LogP contribution >= 0.6 is 0 Å². The van der Waals surface area contributed by atoms with Crippen LogP contribution in [0.15, 0.2) is 0 Å². The third-order valence-electron chi connectivity index (χ3n) is 6.90. The zero-order valence-corrected chi connectivity index (χ0v) is 19.2. The van der Waals surface area contributed by atoms with Crippen molar-refractivity contribution < 1.29 is 24.9 Å². The molecule has 5 atom stereocenters. The van der Waals surface area contributed by atoms with Gasteiger partial charge in [0.25, 0.3) is 0 Å². The SMILES string of the molecule is CCCCC(C)(C)C(O)CC[C@@H]1[C@@H](CCCCCCC(=O)O)[C@@H](O)C[C@H]1OCC. The van der Waals surface area contributed by atoms with E-state index in [1.54, 1.807) is 0 Å². The molecule has 1 saturated carbocycles. The molecular weight excluding hydrogens is 368 g/mol. The summed E-state index contributed by atoms with van der Waals surface area (Å²) in [4.78, 5) is 10.6. The summed E-state index contributed by atoms with van der Waals surface area (Å²) in [5, 5.41) is 30.2. The second-order valence-electron chi connectivity index (χ2n) is 9.66. The highest BCUT2D eigenvalue weighted by atomic mass is 16.5. The van der Waals surface area contributed by atoms with Gasteiger partial charge < -0.3 is 20.1 Å². The number of aliphatic carboxylic acids is 1. The first-order valence-corrected chi connectivity index (χ1v) is 11.9. The quantitative estimate of drug-likeness (QED) is 0.303. The summed E-state index contributed by atoms with van der Waals surface area (Å²) in [7, 11) is 0. The minimum Gasteiger partial charge on any atom is -0.481 e. The molecule has 0 aromatic carbocycles. The zero-order valence-electron chi connectivity index (χ0n) is 19.2. The van der Waals surface area contributed by atoms with Crippen LogP contribution in [0, 0.1) is 17.3 Å². The average molecular weight is 415 g/mol. The Morgan fingerprint density at radius 1 is 1.07 bits per heavy atom. The van der Waals surface area contributed by atoms with Crippen LogP contribution in [0.25, 0.3) is 0 Å². The Morgan fingerprint density at radius 2 is 1.76 bits per heavy atom. The molecule has 0 saturated heterocycles. The zero-order chi connectivity index (χ0) is 21.9. The van der Waals surface area contributed by atoms with E-state index < -0.39 is 5.97 Å². The number of carboxylic acid groups (broad SMARTS) is 1. The molecule has 0 aliphatic heterocycles. The average Bonchev–Trinajstić information content (AvgIpc) is 2.95. The van der Waals surface area contributed by atoms with E-state index in [2.05, 4.69) is 20.8 Å². The predicted molar refractivity (Wildman–Crippen MR) is 117 cm³/mol. The highest BCUT2D eigenvalue weighted by molar-refractivity contribution is 5.66. The van der Waals surface area contributed by atoms with Crippen LogP contribution in [0.4, 0.5) is 0 Å². The largest absolute Gasteiger partial charge is 0.481 e. The normalized spacial score (nSPS) is 26.0. The number of aliphatic hydroxyl groups is 2. The van der Waals surface area contributed by atoms with E-state index in [0.29, 0.717) is 18.9 Å². The maximum absolute atomic E-state index is 10.8. The molecule has 0 amide bonds. The molecule has 0 bridgehead atoms. The van der Waals surface area contributed by atoms with E-state index in [1.165, 1.54) is 0 Å². The molecule has 1 unspecified atom stereocenters. The lowest BCUT2D eigenvalue weighted by Crippen LogP contribution is -2.32. The Kier molecular flexibility index (Phi) is 12.4. The van der Waals surface area contributed by atoms with E-state index >= 15 is 0 Å². The molecule has 3 N–H and O–H groups in total. The Labute approximate surface area is 178 Å². The number of carbonyl (C=O) groups is 1. The fraction of sp³-hybridized carbons (Fsp3) is 0.958. The third kappa shape index (κ3) is 9.35. The van der Waals surface area contributed by atoms with Crippen LogP contribution < -0.4 is 0 Å². The predicted octanol–water partition coefficient (Wildman–Crippen LogP) is 5.17. The first-order valence-electron chi connectivity index (χ1n) is 11.9. The van der Waals surface area contributed by atoms with Gasteiger partial charge in [-0.25, -0.2) is 0 Å². The van der Waals surface area contributed by atoms with Crippen LogP contribution in [0.5, 0.6) is 0 Å². The first-order chi connectivity index (χ1) is 13.7. The summed E-state index contributed by atoms with van der Waals surface area (Å²) in [5.41, 5.74) is -0.0754. The van der Waals surface area contributed by atoms with Crippen LogP contribution in [0.1, 0.15) is 105 Å². The van der Waals surface area contributed by atoms with Crippen molar-refractivity contribution in [2.24, 2.45) is 17.3 Å². The Balaban J connectivity index is 2.56. The molecular formula is C24H46O5. The highest BCUT2D eigenvalue weighted by Crippen LogP contribution is 2.42. The molecule has 1 aliphatic carbocycles. The summed E-state index contributed by atoms with van der Waals surface area (Å²) in [5.74, 6) is -0.214. The molecule has 1 fully saturated rings. The van der Waals surface area contributed by atoms with Gasteiger partial charge in [0.15, 0.2) is 0 Å². The standard InChI is InChI=1S/C24H46O5/c1-5-7-16-24(3,4)22(26)15-14-19-18(20(25)17-21(19)29-6-2)12-10-8-9-11-13-23(27)28/h18-22,25-26H,5-17H2,1-4H3,(H,27,28)/t18-,19-,20+,21-,22?/m1/s1. The molecule has 0 spiro atoms. The monoisotopic (exact) mass is 414 g/mol. The number of aliphatic hydroxyl groups excluding tert-OH is 2. The summed E-state index contributed by atoms with van der Waals surface area (Å²) < 4.78 is 5.96. The smallest absolute Gasteiger partial charge is 0.303 e. The Morgan fingerprint density at radius 3 is 2.38 bits per heavy atom. The van der Waals surface area contributed by atoms with E-state index in [-0.39, 0.29) is 36.1 Å². The molecule has 0 aromatic rings. The molecule has 1 rings (SSSR count). The second kappa shape index (κ2) is 13.6. The fourth-order valence-corrected chi connectivity index (χ4v) is 4.91. The number of carboxylic acids is 1. The summed E-state index contributed by atoms with van der Waals surface area (Å²) in [6.45, 7) is 9.15. The van der Waals surface area contributed by atoms with Gasteiger partial charge in [0.05, 0.1) is 18.3 Å².